The summed E-state index contributed by atoms with van der Waals surface area (Å²) >= 11 is 0.0782. The predicted molar refractivity (Wildman–Crippen MR) is 150 cm³/mol. The van der Waals surface area contributed by atoms with Gasteiger partial charge in [-0.15, -0.1) is 11.3 Å². The van der Waals surface area contributed by atoms with Gasteiger partial charge in [0.15, 0.2) is 5.01 Å². The third kappa shape index (κ3) is 6.54. The highest BCUT2D eigenvalue weighted by atomic mass is 32.1. The number of halogens is 3. The molecule has 0 spiro atoms. The maximum absolute atomic E-state index is 13.2. The second-order valence-electron chi connectivity index (χ2n) is 11.7. The average Bonchev–Trinajstić information content (AvgIpc) is 3.56. The highest BCUT2D eigenvalue weighted by molar-refractivity contribution is 7.13. The SMILES string of the molecule is Cc1nc(C(F)(F)F)sc1C(=O)N[C@@H](CCC(=O)C(N)=O)C(=O)Nc1cccn(CC(=O)NC2C3CC4CC(C3)C2C4)c1=O. The molecule has 2 aromatic rings. The molecule has 4 amide bonds. The van der Waals surface area contributed by atoms with Crippen molar-refractivity contribution in [1.29, 1.82) is 0 Å². The maximum atomic E-state index is 13.2. The van der Waals surface area contributed by atoms with E-state index in [-0.39, 0.29) is 41.2 Å². The van der Waals surface area contributed by atoms with Crippen LogP contribution in [0.2, 0.25) is 0 Å². The molecule has 44 heavy (non-hydrogen) atoms. The van der Waals surface area contributed by atoms with Crippen LogP contribution in [-0.2, 0) is 31.9 Å². The van der Waals surface area contributed by atoms with Crippen LogP contribution in [0.1, 0.15) is 58.9 Å². The van der Waals surface area contributed by atoms with E-state index < -0.39 is 64.0 Å². The third-order valence-corrected chi connectivity index (χ3v) is 9.98. The zero-order chi connectivity index (χ0) is 31.9. The number of amides is 4. The highest BCUT2D eigenvalue weighted by Gasteiger charge is 2.54. The number of pyridine rings is 1. The van der Waals surface area contributed by atoms with Crippen LogP contribution in [0.25, 0.3) is 0 Å². The Hall–Kier alpha value is -4.08. The summed E-state index contributed by atoms with van der Waals surface area (Å²) in [6, 6.07) is 1.25. The third-order valence-electron chi connectivity index (χ3n) is 8.78. The van der Waals surface area contributed by atoms with E-state index in [0.717, 1.165) is 29.7 Å². The molecule has 0 aliphatic heterocycles. The fourth-order valence-electron chi connectivity index (χ4n) is 6.94. The zero-order valence-corrected chi connectivity index (χ0v) is 24.4. The van der Waals surface area contributed by atoms with E-state index in [1.807, 2.05) is 0 Å². The van der Waals surface area contributed by atoms with E-state index >= 15 is 0 Å². The summed E-state index contributed by atoms with van der Waals surface area (Å²) < 4.78 is 40.4. The molecule has 0 radical (unpaired) electrons. The lowest BCUT2D eigenvalue weighted by Gasteiger charge is -2.32. The first-order chi connectivity index (χ1) is 20.7. The van der Waals surface area contributed by atoms with Crippen molar-refractivity contribution in [3.8, 4) is 0 Å². The maximum Gasteiger partial charge on any atom is 0.443 e. The quantitative estimate of drug-likeness (QED) is 0.271. The first kappa shape index (κ1) is 31.3. The lowest BCUT2D eigenvalue weighted by atomic mass is 9.79. The van der Waals surface area contributed by atoms with Gasteiger partial charge in [-0.1, -0.05) is 0 Å². The molecule has 2 aromatic heterocycles. The standard InChI is InChI=1S/C28H31F3N6O6S/c1-12-22(44-27(33-12)28(29,30)31)25(42)34-17(4-5-19(38)23(32)40)24(41)35-18-3-2-6-37(26(18)43)11-20(39)36-21-15-8-13-7-14(10-15)16(21)9-13/h2-3,6,13-17,21H,4-5,7-11H2,1H3,(H2,32,40)(H,34,42)(H,35,41)(H,36,39)/t13?,14?,15?,16?,17-,21?/m0/s1. The van der Waals surface area contributed by atoms with Gasteiger partial charge in [0.1, 0.15) is 23.2 Å². The Bertz CT molecular complexity index is 1570. The van der Waals surface area contributed by atoms with Crippen molar-refractivity contribution in [3.05, 3.63) is 44.3 Å². The molecule has 12 nitrogen and oxygen atoms in total. The Labute approximate surface area is 253 Å². The predicted octanol–water partition coefficient (Wildman–Crippen LogP) is 1.75. The normalized spacial score (nSPS) is 24.1. The molecule has 6 atom stereocenters. The molecule has 4 aliphatic carbocycles. The van der Waals surface area contributed by atoms with Gasteiger partial charge in [0.05, 0.1) is 5.69 Å². The van der Waals surface area contributed by atoms with Gasteiger partial charge >= 0.3 is 6.18 Å². The van der Waals surface area contributed by atoms with Crippen LogP contribution < -0.4 is 27.2 Å². The Morgan fingerprint density at radius 2 is 1.86 bits per heavy atom. The van der Waals surface area contributed by atoms with E-state index in [9.17, 15) is 41.9 Å². The highest BCUT2D eigenvalue weighted by Crippen LogP contribution is 2.58. The first-order valence-electron chi connectivity index (χ1n) is 14.2. The summed E-state index contributed by atoms with van der Waals surface area (Å²) in [7, 11) is 0. The Morgan fingerprint density at radius 1 is 1.14 bits per heavy atom. The van der Waals surface area contributed by atoms with Crippen LogP contribution in [0, 0.1) is 30.6 Å². The van der Waals surface area contributed by atoms with Crippen molar-refractivity contribution in [3.63, 3.8) is 0 Å². The van der Waals surface area contributed by atoms with Crippen LogP contribution in [0.15, 0.2) is 23.1 Å². The van der Waals surface area contributed by atoms with Crippen molar-refractivity contribution >= 4 is 46.4 Å². The van der Waals surface area contributed by atoms with Crippen molar-refractivity contribution < 1.29 is 37.1 Å². The summed E-state index contributed by atoms with van der Waals surface area (Å²) in [4.78, 5) is 78.1. The molecule has 4 aliphatic rings. The minimum atomic E-state index is -4.79. The fourth-order valence-corrected chi connectivity index (χ4v) is 7.78. The number of ketones is 1. The van der Waals surface area contributed by atoms with Gasteiger partial charge < -0.3 is 26.3 Å². The van der Waals surface area contributed by atoms with Crippen molar-refractivity contribution in [2.75, 3.05) is 5.32 Å². The number of carbonyl (C=O) groups excluding carboxylic acids is 5. The van der Waals surface area contributed by atoms with Gasteiger partial charge in [0.2, 0.25) is 17.6 Å². The number of thiazole rings is 1. The minimum Gasteiger partial charge on any atom is -0.363 e. The molecule has 4 bridgehead atoms. The second-order valence-corrected chi connectivity index (χ2v) is 12.7. The average molecular weight is 637 g/mol. The summed E-state index contributed by atoms with van der Waals surface area (Å²) in [6.07, 6.45) is 0.133. The van der Waals surface area contributed by atoms with Gasteiger partial charge in [0, 0.05) is 18.7 Å². The molecular weight excluding hydrogens is 605 g/mol. The van der Waals surface area contributed by atoms with Crippen LogP contribution in [0.5, 0.6) is 0 Å². The molecule has 16 heteroatoms. The molecule has 5 unspecified atom stereocenters. The number of hydrogen-bond acceptors (Lipinski definition) is 8. The number of aryl methyl sites for hydroxylation is 1. The monoisotopic (exact) mass is 636 g/mol. The number of rotatable bonds is 11. The lowest BCUT2D eigenvalue weighted by Crippen LogP contribution is -2.46. The Kier molecular flexibility index (Phi) is 8.64. The first-order valence-corrected chi connectivity index (χ1v) is 15.0. The van der Waals surface area contributed by atoms with Crippen LogP contribution >= 0.6 is 11.3 Å². The summed E-state index contributed by atoms with van der Waals surface area (Å²) in [5.41, 5.74) is 3.80. The van der Waals surface area contributed by atoms with Crippen molar-refractivity contribution in [2.24, 2.45) is 29.4 Å². The van der Waals surface area contributed by atoms with Gasteiger partial charge in [-0.2, -0.15) is 13.2 Å². The summed E-state index contributed by atoms with van der Waals surface area (Å²) in [5.74, 6) is -2.39. The second kappa shape index (κ2) is 12.1. The number of alkyl halides is 3. The van der Waals surface area contributed by atoms with Gasteiger partial charge in [0.25, 0.3) is 17.4 Å². The van der Waals surface area contributed by atoms with E-state index in [2.05, 4.69) is 20.9 Å². The van der Waals surface area contributed by atoms with E-state index in [1.54, 1.807) is 0 Å². The number of hydrogen-bond donors (Lipinski definition) is 4. The van der Waals surface area contributed by atoms with Gasteiger partial charge in [-0.25, -0.2) is 4.98 Å². The van der Waals surface area contributed by atoms with Crippen molar-refractivity contribution in [2.45, 2.75) is 70.3 Å². The number of aromatic nitrogens is 2. The number of Topliss-reactive ketones (excluding diaryl/α,β-unsaturated/α-hetero) is 1. The molecule has 4 fully saturated rings. The number of nitrogens with zero attached hydrogens (tertiary/aromatic N) is 2. The molecular formula is C28H31F3N6O6S. The summed E-state index contributed by atoms with van der Waals surface area (Å²) in [6.45, 7) is 0.905. The topological polar surface area (TPSA) is 182 Å². The van der Waals surface area contributed by atoms with Crippen LogP contribution in [0.3, 0.4) is 0 Å². The number of carbonyl (C=O) groups is 5. The van der Waals surface area contributed by atoms with Gasteiger partial charge in [-0.3, -0.25) is 28.8 Å². The molecule has 5 N–H and O–H groups in total. The lowest BCUT2D eigenvalue weighted by molar-refractivity contribution is -0.137. The number of nitrogens with two attached hydrogens (primary N) is 1. The van der Waals surface area contributed by atoms with E-state index in [4.69, 9.17) is 5.73 Å². The van der Waals surface area contributed by atoms with E-state index in [1.165, 1.54) is 31.7 Å². The zero-order valence-electron chi connectivity index (χ0n) is 23.6. The molecule has 6 rings (SSSR count). The molecule has 236 valence electrons. The number of anilines is 1. The number of nitrogens with one attached hydrogen (secondary N) is 3. The van der Waals surface area contributed by atoms with Gasteiger partial charge in [-0.05, 0) is 74.8 Å². The van der Waals surface area contributed by atoms with E-state index in [0.29, 0.717) is 17.8 Å². The smallest absolute Gasteiger partial charge is 0.363 e. The van der Waals surface area contributed by atoms with Crippen LogP contribution in [-0.4, -0.2) is 51.0 Å². The Balaban J connectivity index is 1.27. The van der Waals surface area contributed by atoms with Crippen molar-refractivity contribution in [1.82, 2.24) is 20.2 Å². The number of primary amides is 1. The van der Waals surface area contributed by atoms with Crippen LogP contribution in [0.4, 0.5) is 18.9 Å². The molecule has 0 aromatic carbocycles. The summed E-state index contributed by atoms with van der Waals surface area (Å²) in [5, 5.41) is 6.46. The molecule has 0 saturated heterocycles. The largest absolute Gasteiger partial charge is 0.443 e. The molecule has 2 heterocycles. The fraction of sp³-hybridized carbons (Fsp3) is 0.536. The molecule has 4 saturated carbocycles. The Morgan fingerprint density at radius 3 is 2.52 bits per heavy atom. The minimum absolute atomic E-state index is 0.0782.